The number of hydrogen-bond acceptors (Lipinski definition) is 3. The van der Waals surface area contributed by atoms with Gasteiger partial charge < -0.3 is 10.2 Å². The van der Waals surface area contributed by atoms with Crippen LogP contribution in [0.4, 0.5) is 0 Å². The number of benzene rings is 1. The summed E-state index contributed by atoms with van der Waals surface area (Å²) in [5, 5.41) is 3.53. The van der Waals surface area contributed by atoms with Gasteiger partial charge in [-0.1, -0.05) is 30.3 Å². The van der Waals surface area contributed by atoms with Crippen LogP contribution in [0.5, 0.6) is 0 Å². The second-order valence-electron chi connectivity index (χ2n) is 6.48. The Bertz CT molecular complexity index is 404. The summed E-state index contributed by atoms with van der Waals surface area (Å²) in [5.41, 5.74) is 1.91. The molecule has 0 saturated carbocycles. The minimum absolute atomic E-state index is 0.364. The molecule has 0 aliphatic carbocycles. The first-order valence-electron chi connectivity index (χ1n) is 7.96. The van der Waals surface area contributed by atoms with Gasteiger partial charge >= 0.3 is 0 Å². The molecule has 0 spiro atoms. The summed E-state index contributed by atoms with van der Waals surface area (Å²) in [5.74, 6) is 0. The maximum atomic E-state index is 3.53. The minimum Gasteiger partial charge on any atom is -0.317 e. The summed E-state index contributed by atoms with van der Waals surface area (Å²) >= 11 is 0. The van der Waals surface area contributed by atoms with Crippen molar-refractivity contribution < 1.29 is 0 Å². The van der Waals surface area contributed by atoms with Gasteiger partial charge in [-0.3, -0.25) is 4.90 Å². The lowest BCUT2D eigenvalue weighted by atomic mass is 9.72. The smallest absolute Gasteiger partial charge is 0.0110 e. The van der Waals surface area contributed by atoms with Crippen LogP contribution in [0.1, 0.15) is 18.4 Å². The van der Waals surface area contributed by atoms with Gasteiger partial charge in [0.2, 0.25) is 0 Å². The number of piperazine rings is 1. The average Bonchev–Trinajstić information content (AvgIpc) is 2.52. The van der Waals surface area contributed by atoms with E-state index in [1.807, 2.05) is 0 Å². The molecule has 0 bridgehead atoms. The molecule has 1 aromatic carbocycles. The van der Waals surface area contributed by atoms with Gasteiger partial charge in [-0.15, -0.1) is 0 Å². The maximum Gasteiger partial charge on any atom is 0.0110 e. The van der Waals surface area contributed by atoms with E-state index in [2.05, 4.69) is 52.5 Å². The molecular formula is C17H27N3. The quantitative estimate of drug-likeness (QED) is 0.901. The Morgan fingerprint density at radius 3 is 2.30 bits per heavy atom. The van der Waals surface area contributed by atoms with E-state index < -0.39 is 0 Å². The van der Waals surface area contributed by atoms with Gasteiger partial charge in [0.05, 0.1) is 0 Å². The monoisotopic (exact) mass is 273 g/mol. The third kappa shape index (κ3) is 3.05. The Labute approximate surface area is 123 Å². The molecule has 20 heavy (non-hydrogen) atoms. The molecule has 0 unspecified atom stereocenters. The lowest BCUT2D eigenvalue weighted by Gasteiger charge is -2.44. The number of rotatable bonds is 3. The van der Waals surface area contributed by atoms with Crippen LogP contribution in [0.2, 0.25) is 0 Å². The first kappa shape index (κ1) is 14.1. The topological polar surface area (TPSA) is 18.5 Å². The van der Waals surface area contributed by atoms with Gasteiger partial charge in [-0.25, -0.2) is 0 Å². The fourth-order valence-electron chi connectivity index (χ4n) is 3.67. The highest BCUT2D eigenvalue weighted by atomic mass is 15.2. The Hall–Kier alpha value is -0.900. The van der Waals surface area contributed by atoms with Gasteiger partial charge in [0.15, 0.2) is 0 Å². The zero-order chi connectivity index (χ0) is 13.8. The van der Waals surface area contributed by atoms with E-state index in [4.69, 9.17) is 0 Å². The van der Waals surface area contributed by atoms with E-state index >= 15 is 0 Å². The highest BCUT2D eigenvalue weighted by Gasteiger charge is 2.35. The van der Waals surface area contributed by atoms with E-state index in [0.717, 1.165) is 13.1 Å². The highest BCUT2D eigenvalue weighted by Crippen LogP contribution is 2.34. The Balaban J connectivity index is 1.76. The van der Waals surface area contributed by atoms with Crippen molar-refractivity contribution in [3.05, 3.63) is 35.9 Å². The molecular weight excluding hydrogens is 246 g/mol. The van der Waals surface area contributed by atoms with Crippen LogP contribution in [-0.4, -0.2) is 62.7 Å². The minimum atomic E-state index is 0.364. The van der Waals surface area contributed by atoms with Crippen molar-refractivity contribution in [2.45, 2.75) is 18.3 Å². The molecule has 2 saturated heterocycles. The van der Waals surface area contributed by atoms with Gasteiger partial charge in [0, 0.05) is 38.1 Å². The fourth-order valence-corrected chi connectivity index (χ4v) is 3.67. The molecule has 1 N–H and O–H groups in total. The summed E-state index contributed by atoms with van der Waals surface area (Å²) in [7, 11) is 2.23. The zero-order valence-electron chi connectivity index (χ0n) is 12.6. The van der Waals surface area contributed by atoms with Crippen LogP contribution in [-0.2, 0) is 5.41 Å². The first-order valence-corrected chi connectivity index (χ1v) is 7.96. The SMILES string of the molecule is CN1CCN(CC2(c3ccccc3)CCNCC2)CC1. The third-order valence-electron chi connectivity index (χ3n) is 5.07. The molecule has 0 aromatic heterocycles. The van der Waals surface area contributed by atoms with Crippen molar-refractivity contribution in [3.8, 4) is 0 Å². The molecule has 2 aliphatic heterocycles. The van der Waals surface area contributed by atoms with Crippen molar-refractivity contribution in [2.75, 3.05) is 52.9 Å². The lowest BCUT2D eigenvalue weighted by Crippen LogP contribution is -2.52. The lowest BCUT2D eigenvalue weighted by molar-refractivity contribution is 0.112. The number of likely N-dealkylation sites (N-methyl/N-ethyl adjacent to an activating group) is 1. The Morgan fingerprint density at radius 2 is 1.65 bits per heavy atom. The second-order valence-corrected chi connectivity index (χ2v) is 6.48. The van der Waals surface area contributed by atoms with Crippen LogP contribution in [0.15, 0.2) is 30.3 Å². The zero-order valence-corrected chi connectivity index (χ0v) is 12.6. The van der Waals surface area contributed by atoms with Crippen molar-refractivity contribution in [3.63, 3.8) is 0 Å². The van der Waals surface area contributed by atoms with E-state index in [0.29, 0.717) is 5.41 Å². The standard InChI is InChI=1S/C17H27N3/c1-19-11-13-20(14-12-19)15-17(7-9-18-10-8-17)16-5-3-2-4-6-16/h2-6,18H,7-15H2,1H3. The molecule has 2 heterocycles. The molecule has 0 atom stereocenters. The number of nitrogens with zero attached hydrogens (tertiary/aromatic N) is 2. The summed E-state index contributed by atoms with van der Waals surface area (Å²) in [6.07, 6.45) is 2.53. The summed E-state index contributed by atoms with van der Waals surface area (Å²) < 4.78 is 0. The van der Waals surface area contributed by atoms with Crippen molar-refractivity contribution >= 4 is 0 Å². The number of piperidine rings is 1. The van der Waals surface area contributed by atoms with E-state index in [-0.39, 0.29) is 0 Å². The summed E-state index contributed by atoms with van der Waals surface area (Å²) in [6, 6.07) is 11.2. The Morgan fingerprint density at radius 1 is 1.00 bits per heavy atom. The molecule has 3 heteroatoms. The Kier molecular flexibility index (Phi) is 4.39. The summed E-state index contributed by atoms with van der Waals surface area (Å²) in [4.78, 5) is 5.12. The van der Waals surface area contributed by atoms with Gasteiger partial charge in [0.25, 0.3) is 0 Å². The van der Waals surface area contributed by atoms with Crippen LogP contribution in [0.3, 0.4) is 0 Å². The molecule has 0 radical (unpaired) electrons. The molecule has 1 aromatic rings. The van der Waals surface area contributed by atoms with Crippen LogP contribution >= 0.6 is 0 Å². The normalized spacial score (nSPS) is 24.6. The number of nitrogens with one attached hydrogen (secondary N) is 1. The molecule has 0 amide bonds. The molecule has 3 rings (SSSR count). The van der Waals surface area contributed by atoms with Crippen LogP contribution in [0, 0.1) is 0 Å². The van der Waals surface area contributed by atoms with Crippen molar-refractivity contribution in [1.82, 2.24) is 15.1 Å². The fraction of sp³-hybridized carbons (Fsp3) is 0.647. The third-order valence-corrected chi connectivity index (χ3v) is 5.07. The highest BCUT2D eigenvalue weighted by molar-refractivity contribution is 5.27. The predicted molar refractivity (Wildman–Crippen MR) is 84.2 cm³/mol. The van der Waals surface area contributed by atoms with Gasteiger partial charge in [-0.05, 0) is 38.5 Å². The van der Waals surface area contributed by atoms with Crippen LogP contribution in [0.25, 0.3) is 0 Å². The molecule has 3 nitrogen and oxygen atoms in total. The molecule has 110 valence electrons. The van der Waals surface area contributed by atoms with Gasteiger partial charge in [-0.2, -0.15) is 0 Å². The van der Waals surface area contributed by atoms with Crippen LogP contribution < -0.4 is 5.32 Å². The van der Waals surface area contributed by atoms with Gasteiger partial charge in [0.1, 0.15) is 0 Å². The number of hydrogen-bond donors (Lipinski definition) is 1. The molecule has 2 fully saturated rings. The largest absolute Gasteiger partial charge is 0.317 e. The predicted octanol–water partition coefficient (Wildman–Crippen LogP) is 1.56. The summed E-state index contributed by atoms with van der Waals surface area (Å²) in [6.45, 7) is 8.40. The van der Waals surface area contributed by atoms with E-state index in [9.17, 15) is 0 Å². The van der Waals surface area contributed by atoms with Crippen molar-refractivity contribution in [2.24, 2.45) is 0 Å². The van der Waals surface area contributed by atoms with E-state index in [1.165, 1.54) is 45.6 Å². The second kappa shape index (κ2) is 6.25. The first-order chi connectivity index (χ1) is 9.78. The molecule has 2 aliphatic rings. The average molecular weight is 273 g/mol. The van der Waals surface area contributed by atoms with Crippen molar-refractivity contribution in [1.29, 1.82) is 0 Å². The van der Waals surface area contributed by atoms with E-state index in [1.54, 1.807) is 5.56 Å². The maximum absolute atomic E-state index is 3.53.